The molecule has 92 valence electrons. The SMILES string of the molecule is O=C(NC1CS(=O)(=O)CC1Cl)c1ccccc1. The molecule has 1 heterocycles. The third kappa shape index (κ3) is 2.98. The van der Waals surface area contributed by atoms with Gasteiger partial charge in [0.2, 0.25) is 0 Å². The zero-order valence-electron chi connectivity index (χ0n) is 8.97. The van der Waals surface area contributed by atoms with Gasteiger partial charge in [0.25, 0.3) is 5.91 Å². The summed E-state index contributed by atoms with van der Waals surface area (Å²) in [6, 6.07) is 8.14. The van der Waals surface area contributed by atoms with Gasteiger partial charge in [0, 0.05) is 5.56 Å². The molecule has 2 unspecified atom stereocenters. The van der Waals surface area contributed by atoms with Gasteiger partial charge in [0.05, 0.1) is 22.9 Å². The van der Waals surface area contributed by atoms with Gasteiger partial charge < -0.3 is 5.32 Å². The van der Waals surface area contributed by atoms with Gasteiger partial charge in [-0.05, 0) is 12.1 Å². The van der Waals surface area contributed by atoms with Crippen molar-refractivity contribution in [3.63, 3.8) is 0 Å². The number of hydrogen-bond acceptors (Lipinski definition) is 3. The second-order valence-corrected chi connectivity index (χ2v) is 6.75. The normalized spacial score (nSPS) is 26.6. The Hall–Kier alpha value is -1.07. The molecule has 2 rings (SSSR count). The maximum atomic E-state index is 11.8. The van der Waals surface area contributed by atoms with Crippen LogP contribution in [-0.2, 0) is 9.84 Å². The average molecular weight is 274 g/mol. The van der Waals surface area contributed by atoms with Crippen molar-refractivity contribution in [2.45, 2.75) is 11.4 Å². The standard InChI is InChI=1S/C11H12ClNO3S/c12-9-6-17(15,16)7-10(9)13-11(14)8-4-2-1-3-5-8/h1-5,9-10H,6-7H2,(H,13,14). The Bertz CT molecular complexity index is 515. The summed E-state index contributed by atoms with van der Waals surface area (Å²) in [4.78, 5) is 11.8. The van der Waals surface area contributed by atoms with Crippen LogP contribution in [0, 0.1) is 0 Å². The first kappa shape index (κ1) is 12.4. The summed E-state index contributed by atoms with van der Waals surface area (Å²) in [5.74, 6) is -0.452. The Morgan fingerprint density at radius 1 is 1.24 bits per heavy atom. The monoisotopic (exact) mass is 273 g/mol. The number of carbonyl (C=O) groups excluding carboxylic acids is 1. The lowest BCUT2D eigenvalue weighted by Gasteiger charge is -2.14. The van der Waals surface area contributed by atoms with Crippen molar-refractivity contribution in [3.05, 3.63) is 35.9 Å². The van der Waals surface area contributed by atoms with E-state index in [1.807, 2.05) is 0 Å². The Morgan fingerprint density at radius 3 is 2.41 bits per heavy atom. The Labute approximate surface area is 105 Å². The topological polar surface area (TPSA) is 63.2 Å². The number of hydrogen-bond donors (Lipinski definition) is 1. The Morgan fingerprint density at radius 2 is 1.88 bits per heavy atom. The summed E-state index contributed by atoms with van der Waals surface area (Å²) in [6.45, 7) is 0. The quantitative estimate of drug-likeness (QED) is 0.812. The smallest absolute Gasteiger partial charge is 0.251 e. The second kappa shape index (κ2) is 4.66. The van der Waals surface area contributed by atoms with E-state index in [9.17, 15) is 13.2 Å². The van der Waals surface area contributed by atoms with E-state index in [4.69, 9.17) is 11.6 Å². The van der Waals surface area contributed by atoms with Gasteiger partial charge in [0.15, 0.2) is 9.84 Å². The molecule has 4 nitrogen and oxygen atoms in total. The highest BCUT2D eigenvalue weighted by Crippen LogP contribution is 2.18. The van der Waals surface area contributed by atoms with Crippen molar-refractivity contribution < 1.29 is 13.2 Å². The number of rotatable bonds is 2. The van der Waals surface area contributed by atoms with E-state index >= 15 is 0 Å². The first-order valence-electron chi connectivity index (χ1n) is 5.18. The molecule has 0 bridgehead atoms. The number of halogens is 1. The van der Waals surface area contributed by atoms with E-state index in [2.05, 4.69) is 5.32 Å². The lowest BCUT2D eigenvalue weighted by molar-refractivity contribution is 0.0941. The van der Waals surface area contributed by atoms with Crippen LogP contribution in [-0.4, -0.2) is 37.2 Å². The van der Waals surface area contributed by atoms with E-state index in [1.165, 1.54) is 0 Å². The molecule has 0 spiro atoms. The van der Waals surface area contributed by atoms with Crippen molar-refractivity contribution in [1.82, 2.24) is 5.32 Å². The molecular formula is C11H12ClNO3S. The minimum Gasteiger partial charge on any atom is -0.347 e. The molecule has 1 aliphatic heterocycles. The van der Waals surface area contributed by atoms with E-state index in [-0.39, 0.29) is 17.4 Å². The Balaban J connectivity index is 2.06. The van der Waals surface area contributed by atoms with E-state index < -0.39 is 21.3 Å². The fourth-order valence-electron chi connectivity index (χ4n) is 1.78. The summed E-state index contributed by atoms with van der Waals surface area (Å²) >= 11 is 5.90. The summed E-state index contributed by atoms with van der Waals surface area (Å²) in [5.41, 5.74) is 0.501. The van der Waals surface area contributed by atoms with Crippen LogP contribution in [0.15, 0.2) is 30.3 Å². The van der Waals surface area contributed by atoms with Crippen LogP contribution in [0.2, 0.25) is 0 Å². The van der Waals surface area contributed by atoms with E-state index in [0.29, 0.717) is 5.56 Å². The molecule has 0 aliphatic carbocycles. The highest BCUT2D eigenvalue weighted by molar-refractivity contribution is 7.91. The van der Waals surface area contributed by atoms with Gasteiger partial charge in [-0.15, -0.1) is 11.6 Å². The van der Waals surface area contributed by atoms with Gasteiger partial charge in [-0.25, -0.2) is 8.42 Å². The zero-order chi connectivity index (χ0) is 12.5. The highest BCUT2D eigenvalue weighted by atomic mass is 35.5. The molecule has 1 N–H and O–H groups in total. The molecule has 0 radical (unpaired) electrons. The molecule has 0 aromatic heterocycles. The first-order valence-corrected chi connectivity index (χ1v) is 7.44. The average Bonchev–Trinajstić information content (AvgIpc) is 2.53. The van der Waals surface area contributed by atoms with Gasteiger partial charge in [-0.3, -0.25) is 4.79 Å². The first-order chi connectivity index (χ1) is 7.98. The second-order valence-electron chi connectivity index (χ2n) is 4.04. The zero-order valence-corrected chi connectivity index (χ0v) is 10.5. The number of nitrogens with one attached hydrogen (secondary N) is 1. The van der Waals surface area contributed by atoms with Crippen molar-refractivity contribution in [1.29, 1.82) is 0 Å². The summed E-state index contributed by atoms with van der Waals surface area (Å²) in [7, 11) is -3.12. The highest BCUT2D eigenvalue weighted by Gasteiger charge is 2.37. The molecule has 1 amide bonds. The fourth-order valence-corrected chi connectivity index (χ4v) is 4.33. The van der Waals surface area contributed by atoms with Crippen molar-refractivity contribution in [2.24, 2.45) is 0 Å². The molecule has 0 saturated carbocycles. The van der Waals surface area contributed by atoms with Crippen LogP contribution in [0.4, 0.5) is 0 Å². The molecule has 1 fully saturated rings. The molecular weight excluding hydrogens is 262 g/mol. The predicted octanol–water partition coefficient (Wildman–Crippen LogP) is 0.821. The van der Waals surface area contributed by atoms with Crippen molar-refractivity contribution in [2.75, 3.05) is 11.5 Å². The van der Waals surface area contributed by atoms with Crippen molar-refractivity contribution >= 4 is 27.3 Å². The lowest BCUT2D eigenvalue weighted by atomic mass is 10.2. The molecule has 1 saturated heterocycles. The summed E-state index contributed by atoms with van der Waals surface area (Å²) < 4.78 is 22.7. The number of carbonyl (C=O) groups is 1. The van der Waals surface area contributed by atoms with Crippen LogP contribution in [0.3, 0.4) is 0 Å². The number of sulfone groups is 1. The molecule has 6 heteroatoms. The summed E-state index contributed by atoms with van der Waals surface area (Å²) in [5, 5.41) is 2.10. The maximum absolute atomic E-state index is 11.8. The maximum Gasteiger partial charge on any atom is 0.251 e. The Kier molecular flexibility index (Phi) is 3.40. The van der Waals surface area contributed by atoms with E-state index in [1.54, 1.807) is 30.3 Å². The molecule has 1 aromatic rings. The minimum atomic E-state index is -3.12. The van der Waals surface area contributed by atoms with Gasteiger partial charge in [0.1, 0.15) is 0 Å². The van der Waals surface area contributed by atoms with Crippen LogP contribution in [0.5, 0.6) is 0 Å². The number of alkyl halides is 1. The van der Waals surface area contributed by atoms with Crippen LogP contribution in [0.1, 0.15) is 10.4 Å². The lowest BCUT2D eigenvalue weighted by Crippen LogP contribution is -2.40. The largest absolute Gasteiger partial charge is 0.347 e. The fraction of sp³-hybridized carbons (Fsp3) is 0.364. The van der Waals surface area contributed by atoms with Crippen LogP contribution < -0.4 is 5.32 Å². The minimum absolute atomic E-state index is 0.0751. The van der Waals surface area contributed by atoms with Crippen LogP contribution in [0.25, 0.3) is 0 Å². The molecule has 1 aliphatic rings. The van der Waals surface area contributed by atoms with Gasteiger partial charge in [-0.1, -0.05) is 18.2 Å². The third-order valence-corrected chi connectivity index (χ3v) is 5.01. The predicted molar refractivity (Wildman–Crippen MR) is 66.0 cm³/mol. The van der Waals surface area contributed by atoms with Gasteiger partial charge >= 0.3 is 0 Å². The molecule has 17 heavy (non-hydrogen) atoms. The number of amides is 1. The van der Waals surface area contributed by atoms with Gasteiger partial charge in [-0.2, -0.15) is 0 Å². The molecule has 1 aromatic carbocycles. The molecule has 2 atom stereocenters. The van der Waals surface area contributed by atoms with E-state index in [0.717, 1.165) is 0 Å². The van der Waals surface area contributed by atoms with Crippen molar-refractivity contribution in [3.8, 4) is 0 Å². The third-order valence-electron chi connectivity index (χ3n) is 2.64. The summed E-state index contributed by atoms with van der Waals surface area (Å²) in [6.07, 6.45) is 0. The number of benzene rings is 1. The van der Waals surface area contributed by atoms with Crippen LogP contribution >= 0.6 is 11.6 Å².